The average molecular weight is 365 g/mol. The molecule has 1 aliphatic heterocycles. The van der Waals surface area contributed by atoms with Gasteiger partial charge in [0.2, 0.25) is 0 Å². The zero-order valence-electron chi connectivity index (χ0n) is 10.9. The molecule has 0 fully saturated rings. The molecular weight excluding hydrogens is 354 g/mol. The van der Waals surface area contributed by atoms with Crippen LogP contribution >= 0.6 is 27.5 Å². The van der Waals surface area contributed by atoms with E-state index in [1.54, 1.807) is 12.1 Å². The lowest BCUT2D eigenvalue weighted by atomic mass is 10.1. The number of carbonyl (C=O) groups excluding carboxylic acids is 1. The third-order valence-corrected chi connectivity index (χ3v) is 3.91. The molecule has 3 nitrogen and oxygen atoms in total. The number of amides is 1. The van der Waals surface area contributed by atoms with E-state index in [2.05, 4.69) is 21.2 Å². The van der Waals surface area contributed by atoms with E-state index in [4.69, 9.17) is 16.3 Å². The van der Waals surface area contributed by atoms with E-state index in [1.165, 1.54) is 0 Å². The number of ether oxygens (including phenoxy) is 1. The minimum atomic E-state index is -0.214. The fourth-order valence-corrected chi connectivity index (χ4v) is 2.76. The number of fused-ring (bicyclic) bond motifs is 1. The molecule has 1 N–H and O–H groups in total. The highest BCUT2D eigenvalue weighted by molar-refractivity contribution is 9.10. The molecule has 106 valence electrons. The molecule has 0 radical (unpaired) electrons. The summed E-state index contributed by atoms with van der Waals surface area (Å²) >= 11 is 9.43. The Morgan fingerprint density at radius 2 is 2.05 bits per heavy atom. The van der Waals surface area contributed by atoms with E-state index in [0.717, 1.165) is 15.8 Å². The first kappa shape index (κ1) is 14.2. The number of halogens is 2. The van der Waals surface area contributed by atoms with Crippen LogP contribution in [0.25, 0.3) is 6.08 Å². The van der Waals surface area contributed by atoms with Crippen LogP contribution < -0.4 is 10.1 Å². The van der Waals surface area contributed by atoms with Crippen molar-refractivity contribution in [2.24, 2.45) is 0 Å². The van der Waals surface area contributed by atoms with Crippen molar-refractivity contribution in [3.05, 3.63) is 63.1 Å². The third-order valence-electron chi connectivity index (χ3n) is 3.10. The quantitative estimate of drug-likeness (QED) is 0.851. The normalized spacial score (nSPS) is 13.0. The molecule has 0 bridgehead atoms. The lowest BCUT2D eigenvalue weighted by Gasteiger charge is -2.17. The second kappa shape index (κ2) is 5.92. The average Bonchev–Trinajstić information content (AvgIpc) is 2.49. The largest absolute Gasteiger partial charge is 0.488 e. The summed E-state index contributed by atoms with van der Waals surface area (Å²) in [7, 11) is 0. The Morgan fingerprint density at radius 1 is 1.24 bits per heavy atom. The maximum atomic E-state index is 12.3. The van der Waals surface area contributed by atoms with Crippen molar-refractivity contribution in [1.29, 1.82) is 0 Å². The van der Waals surface area contributed by atoms with Crippen molar-refractivity contribution in [3.8, 4) is 5.75 Å². The van der Waals surface area contributed by atoms with Crippen molar-refractivity contribution < 1.29 is 9.53 Å². The fourth-order valence-electron chi connectivity index (χ4n) is 2.04. The van der Waals surface area contributed by atoms with Gasteiger partial charge in [0.25, 0.3) is 5.91 Å². The molecule has 0 saturated heterocycles. The van der Waals surface area contributed by atoms with Crippen LogP contribution in [0.4, 0.5) is 5.69 Å². The molecule has 21 heavy (non-hydrogen) atoms. The van der Waals surface area contributed by atoms with Crippen molar-refractivity contribution in [2.75, 3.05) is 11.9 Å². The number of hydrogen-bond donors (Lipinski definition) is 1. The highest BCUT2D eigenvalue weighted by Gasteiger charge is 2.17. The zero-order valence-corrected chi connectivity index (χ0v) is 13.2. The van der Waals surface area contributed by atoms with Gasteiger partial charge in [-0.25, -0.2) is 0 Å². The van der Waals surface area contributed by atoms with Crippen LogP contribution in [0.3, 0.4) is 0 Å². The molecule has 5 heteroatoms. The Kier molecular flexibility index (Phi) is 3.99. The molecule has 0 unspecified atom stereocenters. The highest BCUT2D eigenvalue weighted by atomic mass is 79.9. The van der Waals surface area contributed by atoms with Gasteiger partial charge in [-0.05, 0) is 30.3 Å². The minimum Gasteiger partial charge on any atom is -0.488 e. The molecule has 0 atom stereocenters. The van der Waals surface area contributed by atoms with E-state index in [9.17, 15) is 4.79 Å². The van der Waals surface area contributed by atoms with E-state index < -0.39 is 0 Å². The van der Waals surface area contributed by atoms with E-state index in [1.807, 2.05) is 36.4 Å². The van der Waals surface area contributed by atoms with Crippen molar-refractivity contribution in [2.45, 2.75) is 0 Å². The van der Waals surface area contributed by atoms with E-state index >= 15 is 0 Å². The summed E-state index contributed by atoms with van der Waals surface area (Å²) in [6.07, 6.45) is 1.83. The number of hydrogen-bond acceptors (Lipinski definition) is 2. The van der Waals surface area contributed by atoms with Gasteiger partial charge < -0.3 is 10.1 Å². The van der Waals surface area contributed by atoms with Gasteiger partial charge in [0, 0.05) is 10.0 Å². The molecular formula is C16H11BrClNO2. The number of anilines is 1. The summed E-state index contributed by atoms with van der Waals surface area (Å²) < 4.78 is 6.44. The van der Waals surface area contributed by atoms with Crippen LogP contribution in [0, 0.1) is 0 Å². The Balaban J connectivity index is 1.82. The van der Waals surface area contributed by atoms with E-state index in [0.29, 0.717) is 16.3 Å². The molecule has 0 saturated carbocycles. The number of para-hydroxylation sites is 1. The van der Waals surface area contributed by atoms with E-state index in [-0.39, 0.29) is 12.5 Å². The van der Waals surface area contributed by atoms with Crippen LogP contribution in [0.5, 0.6) is 5.75 Å². The Hall–Kier alpha value is -1.78. The summed E-state index contributed by atoms with van der Waals surface area (Å²) in [6.45, 7) is 0.247. The predicted molar refractivity (Wildman–Crippen MR) is 87.7 cm³/mol. The summed E-state index contributed by atoms with van der Waals surface area (Å²) in [6, 6.07) is 12.9. The van der Waals surface area contributed by atoms with Crippen LogP contribution in [0.1, 0.15) is 5.56 Å². The van der Waals surface area contributed by atoms with Gasteiger partial charge in [0.15, 0.2) is 0 Å². The summed E-state index contributed by atoms with van der Waals surface area (Å²) in [5.41, 5.74) is 2.04. The van der Waals surface area contributed by atoms with Crippen LogP contribution in [0.2, 0.25) is 5.02 Å². The molecule has 0 spiro atoms. The van der Waals surface area contributed by atoms with Crippen LogP contribution in [-0.4, -0.2) is 12.5 Å². The number of nitrogens with one attached hydrogen (secondary N) is 1. The highest BCUT2D eigenvalue weighted by Crippen LogP contribution is 2.28. The van der Waals surface area contributed by atoms with Gasteiger partial charge in [-0.3, -0.25) is 4.79 Å². The maximum absolute atomic E-state index is 12.3. The van der Waals surface area contributed by atoms with Gasteiger partial charge in [0.1, 0.15) is 12.4 Å². The molecule has 2 aromatic carbocycles. The Morgan fingerprint density at radius 3 is 2.86 bits per heavy atom. The van der Waals surface area contributed by atoms with Crippen molar-refractivity contribution in [1.82, 2.24) is 0 Å². The molecule has 1 amide bonds. The lowest BCUT2D eigenvalue weighted by molar-refractivity contribution is -0.113. The van der Waals surface area contributed by atoms with Gasteiger partial charge in [-0.2, -0.15) is 0 Å². The fraction of sp³-hybridized carbons (Fsp3) is 0.0625. The second-order valence-corrected chi connectivity index (χ2v) is 5.90. The van der Waals surface area contributed by atoms with Gasteiger partial charge in [-0.1, -0.05) is 45.7 Å². The second-order valence-electron chi connectivity index (χ2n) is 4.57. The smallest absolute Gasteiger partial charge is 0.255 e. The van der Waals surface area contributed by atoms with Crippen LogP contribution in [0.15, 0.2) is 52.5 Å². The topological polar surface area (TPSA) is 38.3 Å². The first-order valence-corrected chi connectivity index (χ1v) is 7.49. The Labute approximate surface area is 135 Å². The summed E-state index contributed by atoms with van der Waals surface area (Å²) in [5.74, 6) is 0.574. The first-order valence-electron chi connectivity index (χ1n) is 6.32. The first-order chi connectivity index (χ1) is 10.1. The lowest BCUT2D eigenvalue weighted by Crippen LogP contribution is -2.21. The minimum absolute atomic E-state index is 0.214. The molecule has 0 aliphatic carbocycles. The summed E-state index contributed by atoms with van der Waals surface area (Å²) in [5, 5.41) is 3.28. The van der Waals surface area contributed by atoms with Gasteiger partial charge in [0.05, 0.1) is 16.3 Å². The van der Waals surface area contributed by atoms with Crippen molar-refractivity contribution >= 4 is 45.2 Å². The van der Waals surface area contributed by atoms with Crippen LogP contribution in [-0.2, 0) is 4.79 Å². The third kappa shape index (κ3) is 3.12. The predicted octanol–water partition coefficient (Wildman–Crippen LogP) is 4.52. The standard InChI is InChI=1S/C16H11BrClNO2/c17-12-5-6-14(13(18)8-12)19-16(20)11-7-10-3-1-2-4-15(10)21-9-11/h1-8H,9H2,(H,19,20). The number of carbonyl (C=O) groups is 1. The molecule has 2 aromatic rings. The maximum Gasteiger partial charge on any atom is 0.255 e. The number of benzene rings is 2. The van der Waals surface area contributed by atoms with Gasteiger partial charge >= 0.3 is 0 Å². The SMILES string of the molecule is O=C(Nc1ccc(Br)cc1Cl)C1=Cc2ccccc2OC1. The molecule has 1 aliphatic rings. The molecule has 0 aromatic heterocycles. The monoisotopic (exact) mass is 363 g/mol. The van der Waals surface area contributed by atoms with Crippen molar-refractivity contribution in [3.63, 3.8) is 0 Å². The summed E-state index contributed by atoms with van der Waals surface area (Å²) in [4.78, 5) is 12.3. The Bertz CT molecular complexity index is 743. The molecule has 1 heterocycles. The molecule has 3 rings (SSSR count). The zero-order chi connectivity index (χ0) is 14.8. The van der Waals surface area contributed by atoms with Gasteiger partial charge in [-0.15, -0.1) is 0 Å². The number of rotatable bonds is 2.